The molecule has 0 amide bonds. The first kappa shape index (κ1) is 8.89. The van der Waals surface area contributed by atoms with Gasteiger partial charge in [0.05, 0.1) is 0 Å². The van der Waals surface area contributed by atoms with E-state index in [1.54, 1.807) is 0 Å². The van der Waals surface area contributed by atoms with Crippen molar-refractivity contribution < 1.29 is 4.79 Å². The summed E-state index contributed by atoms with van der Waals surface area (Å²) in [5, 5.41) is 6.20. The Balaban J connectivity index is 0.000000236. The van der Waals surface area contributed by atoms with Gasteiger partial charge in [0.25, 0.3) is 0 Å². The third kappa shape index (κ3) is 5.04. The molecule has 1 aromatic rings. The molecule has 0 aliphatic rings. The van der Waals surface area contributed by atoms with Gasteiger partial charge in [0.1, 0.15) is 0 Å². The molecular weight excluding hydrogens is 150 g/mol. The highest BCUT2D eigenvalue weighted by Crippen LogP contribution is 2.03. The zero-order valence-electron chi connectivity index (χ0n) is 5.17. The molecule has 0 bridgehead atoms. The monoisotopic (exact) mass is 155 g/mol. The zero-order valence-corrected chi connectivity index (χ0v) is 5.93. The lowest BCUT2D eigenvalue weighted by Crippen LogP contribution is -1.55. The van der Waals surface area contributed by atoms with Crippen molar-refractivity contribution >= 4 is 17.7 Å². The van der Waals surface area contributed by atoms with Gasteiger partial charge in [-0.2, -0.15) is 0 Å². The number of halogens is 1. The van der Waals surface area contributed by atoms with Gasteiger partial charge >= 0.3 is 0 Å². The Morgan fingerprint density at radius 2 is 1.70 bits per heavy atom. The van der Waals surface area contributed by atoms with E-state index < -0.39 is 0 Å². The fraction of sp³-hybridized carbons (Fsp3) is 0. The van der Waals surface area contributed by atoms with Crippen LogP contribution in [0, 0.1) is 5.41 Å². The van der Waals surface area contributed by atoms with Gasteiger partial charge < -0.3 is 0 Å². The molecule has 0 aliphatic heterocycles. The van der Waals surface area contributed by atoms with Crippen molar-refractivity contribution in [1.29, 1.82) is 5.41 Å². The Kier molecular flexibility index (Phi) is 5.35. The zero-order chi connectivity index (χ0) is 7.82. The first-order chi connectivity index (χ1) is 4.81. The van der Waals surface area contributed by atoms with Gasteiger partial charge in [0.2, 0.25) is 6.08 Å². The predicted octanol–water partition coefficient (Wildman–Crippen LogP) is 2.24. The second-order valence-electron chi connectivity index (χ2n) is 1.40. The molecule has 0 fully saturated rings. The van der Waals surface area contributed by atoms with Crippen LogP contribution in [-0.4, -0.2) is 6.08 Å². The SMILES string of the molecule is Clc1ccccc1.N=C=O. The van der Waals surface area contributed by atoms with Crippen LogP contribution >= 0.6 is 11.6 Å². The summed E-state index contributed by atoms with van der Waals surface area (Å²) < 4.78 is 0. The molecule has 0 heterocycles. The molecule has 0 radical (unpaired) electrons. The lowest BCUT2D eigenvalue weighted by Gasteiger charge is -1.80. The smallest absolute Gasteiger partial charge is 0.222 e. The maximum Gasteiger partial charge on any atom is 0.231 e. The number of hydrogen-bond donors (Lipinski definition) is 1. The second-order valence-corrected chi connectivity index (χ2v) is 1.83. The average molecular weight is 156 g/mol. The Morgan fingerprint density at radius 1 is 1.30 bits per heavy atom. The largest absolute Gasteiger partial charge is 0.231 e. The number of nitrogens with one attached hydrogen (secondary N) is 1. The second kappa shape index (κ2) is 6.02. The molecule has 0 saturated carbocycles. The summed E-state index contributed by atoms with van der Waals surface area (Å²) in [6, 6.07) is 9.44. The van der Waals surface area contributed by atoms with Gasteiger partial charge in [0.15, 0.2) is 0 Å². The van der Waals surface area contributed by atoms with E-state index in [-0.39, 0.29) is 0 Å². The average Bonchev–Trinajstić information content (AvgIpc) is 1.91. The Bertz CT molecular complexity index is 204. The maximum atomic E-state index is 8.35. The van der Waals surface area contributed by atoms with E-state index in [0.29, 0.717) is 0 Å². The Morgan fingerprint density at radius 3 is 1.90 bits per heavy atom. The molecule has 0 spiro atoms. The summed E-state index contributed by atoms with van der Waals surface area (Å²) in [5.41, 5.74) is 0. The highest BCUT2D eigenvalue weighted by Gasteiger charge is 1.74. The van der Waals surface area contributed by atoms with Gasteiger partial charge in [-0.1, -0.05) is 29.8 Å². The van der Waals surface area contributed by atoms with Crippen LogP contribution in [-0.2, 0) is 4.79 Å². The maximum absolute atomic E-state index is 8.35. The summed E-state index contributed by atoms with van der Waals surface area (Å²) in [6.07, 6.45) is 0.750. The fourth-order valence-electron chi connectivity index (χ4n) is 0.415. The van der Waals surface area contributed by atoms with E-state index in [2.05, 4.69) is 0 Å². The highest BCUT2D eigenvalue weighted by atomic mass is 35.5. The first-order valence-corrected chi connectivity index (χ1v) is 2.93. The topological polar surface area (TPSA) is 40.9 Å². The van der Waals surface area contributed by atoms with E-state index >= 15 is 0 Å². The molecule has 10 heavy (non-hydrogen) atoms. The highest BCUT2D eigenvalue weighted by molar-refractivity contribution is 6.30. The number of rotatable bonds is 0. The number of isocyanates is 1. The summed E-state index contributed by atoms with van der Waals surface area (Å²) in [6.45, 7) is 0. The minimum Gasteiger partial charge on any atom is -0.222 e. The molecule has 0 aliphatic carbocycles. The van der Waals surface area contributed by atoms with Crippen LogP contribution in [0.5, 0.6) is 0 Å². The fourth-order valence-corrected chi connectivity index (χ4v) is 0.560. The van der Waals surface area contributed by atoms with E-state index in [9.17, 15) is 0 Å². The van der Waals surface area contributed by atoms with Crippen LogP contribution in [0.25, 0.3) is 0 Å². The molecule has 0 unspecified atom stereocenters. The molecule has 0 atom stereocenters. The van der Waals surface area contributed by atoms with Crippen LogP contribution < -0.4 is 0 Å². The van der Waals surface area contributed by atoms with Crippen molar-refractivity contribution in [3.05, 3.63) is 35.4 Å². The van der Waals surface area contributed by atoms with Crippen LogP contribution in [0.15, 0.2) is 30.3 Å². The van der Waals surface area contributed by atoms with Crippen molar-refractivity contribution in [2.45, 2.75) is 0 Å². The molecule has 1 N–H and O–H groups in total. The number of hydrogen-bond acceptors (Lipinski definition) is 2. The minimum absolute atomic E-state index is 0.750. The minimum atomic E-state index is 0.750. The van der Waals surface area contributed by atoms with Gasteiger partial charge in [-0.25, -0.2) is 10.2 Å². The lowest BCUT2D eigenvalue weighted by atomic mass is 10.4. The summed E-state index contributed by atoms with van der Waals surface area (Å²) >= 11 is 5.54. The number of carbonyl (C=O) groups excluding carboxylic acids is 1. The Labute approximate surface area is 64.0 Å². The van der Waals surface area contributed by atoms with Crippen LogP contribution in [0.1, 0.15) is 0 Å². The van der Waals surface area contributed by atoms with Crippen molar-refractivity contribution in [3.63, 3.8) is 0 Å². The van der Waals surface area contributed by atoms with Crippen molar-refractivity contribution in [1.82, 2.24) is 0 Å². The van der Waals surface area contributed by atoms with E-state index in [1.165, 1.54) is 0 Å². The molecule has 3 heteroatoms. The van der Waals surface area contributed by atoms with Gasteiger partial charge in [0, 0.05) is 5.02 Å². The van der Waals surface area contributed by atoms with E-state index in [1.807, 2.05) is 30.3 Å². The summed E-state index contributed by atoms with van der Waals surface area (Å²) in [7, 11) is 0. The van der Waals surface area contributed by atoms with Gasteiger partial charge in [-0.3, -0.25) is 0 Å². The quantitative estimate of drug-likeness (QED) is 0.453. The molecule has 0 aromatic heterocycles. The Hall–Kier alpha value is -1.11. The summed E-state index contributed by atoms with van der Waals surface area (Å²) in [5.74, 6) is 0. The van der Waals surface area contributed by atoms with Crippen molar-refractivity contribution in [3.8, 4) is 0 Å². The molecule has 1 aromatic carbocycles. The third-order valence-electron chi connectivity index (χ3n) is 0.733. The molecule has 52 valence electrons. The van der Waals surface area contributed by atoms with Gasteiger partial charge in [-0.15, -0.1) is 0 Å². The first-order valence-electron chi connectivity index (χ1n) is 2.55. The van der Waals surface area contributed by atoms with Crippen LogP contribution in [0.3, 0.4) is 0 Å². The third-order valence-corrected chi connectivity index (χ3v) is 0.985. The van der Waals surface area contributed by atoms with E-state index in [0.717, 1.165) is 11.1 Å². The van der Waals surface area contributed by atoms with Crippen LogP contribution in [0.4, 0.5) is 0 Å². The van der Waals surface area contributed by atoms with Crippen LogP contribution in [0.2, 0.25) is 5.02 Å². The van der Waals surface area contributed by atoms with Crippen molar-refractivity contribution in [2.75, 3.05) is 0 Å². The van der Waals surface area contributed by atoms with E-state index in [4.69, 9.17) is 21.8 Å². The normalized spacial score (nSPS) is 6.90. The number of benzene rings is 1. The van der Waals surface area contributed by atoms with Crippen molar-refractivity contribution in [2.24, 2.45) is 0 Å². The standard InChI is InChI=1S/C6H5Cl.CHNO/c7-6-4-2-1-3-5-6;2-1-3/h1-5H;2H. The molecule has 2 nitrogen and oxygen atoms in total. The summed E-state index contributed by atoms with van der Waals surface area (Å²) in [4.78, 5) is 8.35. The predicted molar refractivity (Wildman–Crippen MR) is 39.9 cm³/mol. The lowest BCUT2D eigenvalue weighted by molar-refractivity contribution is 0.563. The van der Waals surface area contributed by atoms with Gasteiger partial charge in [-0.05, 0) is 12.1 Å². The molecular formula is C7H6ClNO. The molecule has 1 rings (SSSR count). The molecule has 0 saturated heterocycles.